The molecule has 3 aromatic rings. The fourth-order valence-electron chi connectivity index (χ4n) is 4.10. The molecule has 1 saturated heterocycles. The summed E-state index contributed by atoms with van der Waals surface area (Å²) in [5.74, 6) is -1.19. The number of nitrogens with one attached hydrogen (secondary N) is 1. The molecule has 0 saturated carbocycles. The van der Waals surface area contributed by atoms with Gasteiger partial charge in [-0.15, -0.1) is 0 Å². The van der Waals surface area contributed by atoms with Crippen LogP contribution in [0.4, 0.5) is 5.69 Å². The third-order valence-electron chi connectivity index (χ3n) is 5.82. The Hall–Kier alpha value is -3.39. The fraction of sp³-hybridized carbons (Fsp3) is 0.348. The lowest BCUT2D eigenvalue weighted by molar-refractivity contribution is -0.123. The lowest BCUT2D eigenvalue weighted by Crippen LogP contribution is -2.40. The minimum atomic E-state index is -0.727. The summed E-state index contributed by atoms with van der Waals surface area (Å²) >= 11 is 0. The van der Waals surface area contributed by atoms with Crippen molar-refractivity contribution >= 4 is 28.6 Å². The molecular formula is C23H26N4O4. The molecule has 4 rings (SSSR count). The van der Waals surface area contributed by atoms with E-state index >= 15 is 0 Å². The minimum Gasteiger partial charge on any atom is -0.408 e. The number of oxazole rings is 1. The first-order valence-corrected chi connectivity index (χ1v) is 10.4. The highest BCUT2D eigenvalue weighted by molar-refractivity contribution is 5.94. The zero-order chi connectivity index (χ0) is 22.0. The van der Waals surface area contributed by atoms with Gasteiger partial charge in [0.1, 0.15) is 6.04 Å². The molecule has 162 valence electrons. The predicted octanol–water partition coefficient (Wildman–Crippen LogP) is 2.49. The Balaban J connectivity index is 1.40. The van der Waals surface area contributed by atoms with Crippen molar-refractivity contribution in [3.8, 4) is 0 Å². The van der Waals surface area contributed by atoms with Gasteiger partial charge in [-0.05, 0) is 56.1 Å². The molecule has 2 unspecified atom stereocenters. The highest BCUT2D eigenvalue weighted by Gasteiger charge is 2.24. The number of fused-ring (bicyclic) bond motifs is 1. The molecule has 1 aliphatic heterocycles. The van der Waals surface area contributed by atoms with E-state index in [0.29, 0.717) is 23.3 Å². The van der Waals surface area contributed by atoms with Crippen molar-refractivity contribution in [2.75, 3.05) is 18.4 Å². The molecule has 1 fully saturated rings. The summed E-state index contributed by atoms with van der Waals surface area (Å²) in [6.07, 6.45) is 1.81. The summed E-state index contributed by atoms with van der Waals surface area (Å²) in [4.78, 5) is 38.7. The highest BCUT2D eigenvalue weighted by atomic mass is 16.4. The van der Waals surface area contributed by atoms with Gasteiger partial charge < -0.3 is 15.5 Å². The number of likely N-dealkylation sites (tertiary alicyclic amines) is 1. The first kappa shape index (κ1) is 20.9. The monoisotopic (exact) mass is 422 g/mol. The van der Waals surface area contributed by atoms with Crippen LogP contribution < -0.4 is 16.8 Å². The standard InChI is InChI=1S/C23H26N4O4/c1-15(27-19-6-2-3-7-20(19)31-23(27)30)22(29)25-18-10-8-16(9-11-18)13-26-12-4-5-17(14-26)21(24)28/h2-3,6-11,15,17H,4-5,12-14H2,1H3,(H2,24,28)(H,25,29). The number of amides is 2. The maximum atomic E-state index is 12.7. The van der Waals surface area contributed by atoms with Gasteiger partial charge in [-0.3, -0.25) is 19.1 Å². The van der Waals surface area contributed by atoms with Crippen LogP contribution >= 0.6 is 0 Å². The van der Waals surface area contributed by atoms with E-state index < -0.39 is 11.8 Å². The second-order valence-electron chi connectivity index (χ2n) is 8.04. The van der Waals surface area contributed by atoms with Crippen LogP contribution in [0.3, 0.4) is 0 Å². The Labute approximate surface area is 179 Å². The molecular weight excluding hydrogens is 396 g/mol. The SMILES string of the molecule is CC(C(=O)Nc1ccc(CN2CCCC(C(N)=O)C2)cc1)n1c(=O)oc2ccccc21. The van der Waals surface area contributed by atoms with Crippen LogP contribution in [0.5, 0.6) is 0 Å². The number of piperidine rings is 1. The van der Waals surface area contributed by atoms with Crippen LogP contribution in [0.25, 0.3) is 11.1 Å². The van der Waals surface area contributed by atoms with Gasteiger partial charge in [0.2, 0.25) is 11.8 Å². The van der Waals surface area contributed by atoms with Gasteiger partial charge in [0, 0.05) is 18.8 Å². The number of benzene rings is 2. The van der Waals surface area contributed by atoms with E-state index in [0.717, 1.165) is 31.5 Å². The number of para-hydroxylation sites is 2. The number of anilines is 1. The zero-order valence-electron chi connectivity index (χ0n) is 17.4. The first-order chi connectivity index (χ1) is 14.9. The highest BCUT2D eigenvalue weighted by Crippen LogP contribution is 2.21. The Morgan fingerprint density at radius 1 is 1.19 bits per heavy atom. The maximum absolute atomic E-state index is 12.7. The minimum absolute atomic E-state index is 0.0868. The number of primary amides is 1. The second-order valence-corrected chi connectivity index (χ2v) is 8.04. The Bertz CT molecular complexity index is 1150. The van der Waals surface area contributed by atoms with Crippen molar-refractivity contribution in [2.45, 2.75) is 32.4 Å². The Morgan fingerprint density at radius 2 is 1.94 bits per heavy atom. The predicted molar refractivity (Wildman–Crippen MR) is 117 cm³/mol. The molecule has 2 aromatic carbocycles. The lowest BCUT2D eigenvalue weighted by atomic mass is 9.97. The molecule has 0 radical (unpaired) electrons. The van der Waals surface area contributed by atoms with Crippen LogP contribution in [-0.4, -0.2) is 34.4 Å². The number of carbonyl (C=O) groups excluding carboxylic acids is 2. The molecule has 2 amide bonds. The molecule has 1 aromatic heterocycles. The normalized spacial score (nSPS) is 18.0. The first-order valence-electron chi connectivity index (χ1n) is 10.4. The van der Waals surface area contributed by atoms with Gasteiger partial charge in [-0.25, -0.2) is 4.79 Å². The molecule has 0 spiro atoms. The summed E-state index contributed by atoms with van der Waals surface area (Å²) < 4.78 is 6.58. The van der Waals surface area contributed by atoms with Gasteiger partial charge in [-0.2, -0.15) is 0 Å². The summed E-state index contributed by atoms with van der Waals surface area (Å²) in [5.41, 5.74) is 8.23. The fourth-order valence-corrected chi connectivity index (χ4v) is 4.10. The molecule has 0 aliphatic carbocycles. The van der Waals surface area contributed by atoms with Crippen LogP contribution in [0.2, 0.25) is 0 Å². The van der Waals surface area contributed by atoms with Crippen molar-refractivity contribution in [1.82, 2.24) is 9.47 Å². The van der Waals surface area contributed by atoms with Crippen LogP contribution in [0, 0.1) is 5.92 Å². The van der Waals surface area contributed by atoms with Gasteiger partial charge >= 0.3 is 5.76 Å². The Kier molecular flexibility index (Phi) is 5.90. The van der Waals surface area contributed by atoms with Crippen molar-refractivity contribution in [3.63, 3.8) is 0 Å². The van der Waals surface area contributed by atoms with E-state index in [2.05, 4.69) is 10.2 Å². The number of hydrogen-bond donors (Lipinski definition) is 2. The average Bonchev–Trinajstić information content (AvgIpc) is 3.10. The maximum Gasteiger partial charge on any atom is 0.420 e. The van der Waals surface area contributed by atoms with Crippen LogP contribution in [-0.2, 0) is 16.1 Å². The third kappa shape index (κ3) is 4.54. The van der Waals surface area contributed by atoms with E-state index in [-0.39, 0.29) is 17.7 Å². The molecule has 31 heavy (non-hydrogen) atoms. The van der Waals surface area contributed by atoms with Gasteiger partial charge in [0.05, 0.1) is 11.4 Å². The van der Waals surface area contributed by atoms with E-state index in [4.69, 9.17) is 10.2 Å². The van der Waals surface area contributed by atoms with Gasteiger partial charge in [0.25, 0.3) is 0 Å². The number of rotatable bonds is 6. The quantitative estimate of drug-likeness (QED) is 0.634. The van der Waals surface area contributed by atoms with Crippen molar-refractivity contribution in [1.29, 1.82) is 0 Å². The lowest BCUT2D eigenvalue weighted by Gasteiger charge is -2.31. The topological polar surface area (TPSA) is 111 Å². The van der Waals surface area contributed by atoms with Crippen molar-refractivity contribution in [2.24, 2.45) is 11.7 Å². The largest absolute Gasteiger partial charge is 0.420 e. The van der Waals surface area contributed by atoms with Crippen LogP contribution in [0.15, 0.2) is 57.7 Å². The van der Waals surface area contributed by atoms with Gasteiger partial charge in [0.15, 0.2) is 5.58 Å². The summed E-state index contributed by atoms with van der Waals surface area (Å²) in [5, 5.41) is 2.86. The van der Waals surface area contributed by atoms with E-state index in [1.54, 1.807) is 31.2 Å². The summed E-state index contributed by atoms with van der Waals surface area (Å²) in [7, 11) is 0. The number of hydrogen-bond acceptors (Lipinski definition) is 5. The molecule has 2 heterocycles. The van der Waals surface area contributed by atoms with E-state index in [1.807, 2.05) is 24.3 Å². The number of nitrogens with zero attached hydrogens (tertiary/aromatic N) is 2. The average molecular weight is 422 g/mol. The van der Waals surface area contributed by atoms with Crippen molar-refractivity contribution in [3.05, 3.63) is 64.6 Å². The summed E-state index contributed by atoms with van der Waals surface area (Å²) in [6.45, 7) is 4.01. The molecule has 8 nitrogen and oxygen atoms in total. The third-order valence-corrected chi connectivity index (χ3v) is 5.82. The molecule has 1 aliphatic rings. The van der Waals surface area contributed by atoms with Gasteiger partial charge in [-0.1, -0.05) is 24.3 Å². The van der Waals surface area contributed by atoms with Crippen LogP contribution in [0.1, 0.15) is 31.4 Å². The zero-order valence-corrected chi connectivity index (χ0v) is 17.4. The molecule has 8 heteroatoms. The number of nitrogens with two attached hydrogens (primary N) is 1. The smallest absolute Gasteiger partial charge is 0.408 e. The van der Waals surface area contributed by atoms with E-state index in [9.17, 15) is 14.4 Å². The second kappa shape index (κ2) is 8.77. The molecule has 0 bridgehead atoms. The van der Waals surface area contributed by atoms with Crippen molar-refractivity contribution < 1.29 is 14.0 Å². The molecule has 3 N–H and O–H groups in total. The number of aromatic nitrogens is 1. The Morgan fingerprint density at radius 3 is 2.68 bits per heavy atom. The summed E-state index contributed by atoms with van der Waals surface area (Å²) in [6, 6.07) is 13.9. The molecule has 2 atom stereocenters. The van der Waals surface area contributed by atoms with E-state index in [1.165, 1.54) is 4.57 Å². The number of carbonyl (C=O) groups is 2.